The van der Waals surface area contributed by atoms with Crippen LogP contribution in [0, 0.1) is 5.82 Å². The van der Waals surface area contributed by atoms with Gasteiger partial charge in [0.1, 0.15) is 23.0 Å². The van der Waals surface area contributed by atoms with E-state index in [1.807, 2.05) is 14.1 Å². The van der Waals surface area contributed by atoms with E-state index < -0.39 is 0 Å². The van der Waals surface area contributed by atoms with Gasteiger partial charge in [-0.05, 0) is 24.3 Å². The molecule has 0 saturated heterocycles. The van der Waals surface area contributed by atoms with Crippen molar-refractivity contribution in [2.45, 2.75) is 10.8 Å². The SMILES string of the molecule is CN(C)c1nc(N)nc(CSc2ncnc3c2cnn3-c2ccc(F)cc2)n1. The maximum Gasteiger partial charge on any atom is 0.229 e. The normalized spacial score (nSPS) is 11.1. The van der Waals surface area contributed by atoms with Crippen molar-refractivity contribution in [3.8, 4) is 5.69 Å². The number of thioether (sulfide) groups is 1. The first-order chi connectivity index (χ1) is 13.5. The fourth-order valence-corrected chi connectivity index (χ4v) is 3.35. The molecule has 0 aliphatic rings. The first-order valence-corrected chi connectivity index (χ1v) is 9.25. The van der Waals surface area contributed by atoms with Crippen molar-refractivity contribution >= 4 is 34.7 Å². The number of hydrogen-bond acceptors (Lipinski definition) is 9. The van der Waals surface area contributed by atoms with Crippen molar-refractivity contribution in [3.05, 3.63) is 48.4 Å². The van der Waals surface area contributed by atoms with Crippen LogP contribution in [0.4, 0.5) is 16.3 Å². The number of benzene rings is 1. The molecule has 4 aromatic rings. The minimum Gasteiger partial charge on any atom is -0.368 e. The number of nitrogens with zero attached hydrogens (tertiary/aromatic N) is 8. The summed E-state index contributed by atoms with van der Waals surface area (Å²) in [7, 11) is 3.67. The number of anilines is 2. The molecule has 0 amide bonds. The van der Waals surface area contributed by atoms with E-state index in [1.165, 1.54) is 30.2 Å². The topological polar surface area (TPSA) is 112 Å². The lowest BCUT2D eigenvalue weighted by molar-refractivity contribution is 0.627. The molecule has 28 heavy (non-hydrogen) atoms. The Morgan fingerprint density at radius 2 is 1.89 bits per heavy atom. The number of nitrogens with two attached hydrogens (primary N) is 1. The second kappa shape index (κ2) is 7.35. The highest BCUT2D eigenvalue weighted by atomic mass is 32.2. The number of halogens is 1. The Bertz CT molecular complexity index is 1130. The number of hydrogen-bond donors (Lipinski definition) is 1. The lowest BCUT2D eigenvalue weighted by Gasteiger charge is -2.11. The molecule has 9 nitrogen and oxygen atoms in total. The summed E-state index contributed by atoms with van der Waals surface area (Å²) in [5.41, 5.74) is 7.12. The molecular weight excluding hydrogens is 381 g/mol. The molecule has 4 rings (SSSR count). The van der Waals surface area contributed by atoms with Crippen LogP contribution in [-0.2, 0) is 5.75 Å². The van der Waals surface area contributed by atoms with Crippen molar-refractivity contribution in [2.75, 3.05) is 24.7 Å². The summed E-state index contributed by atoms with van der Waals surface area (Å²) in [5, 5.41) is 5.90. The van der Waals surface area contributed by atoms with Gasteiger partial charge >= 0.3 is 0 Å². The summed E-state index contributed by atoms with van der Waals surface area (Å²) in [6, 6.07) is 6.06. The minimum atomic E-state index is -0.306. The first-order valence-electron chi connectivity index (χ1n) is 8.26. The predicted octanol–water partition coefficient (Wildman–Crippen LogP) is 2.08. The molecule has 142 valence electrons. The van der Waals surface area contributed by atoms with Crippen LogP contribution in [0.5, 0.6) is 0 Å². The Morgan fingerprint density at radius 1 is 1.11 bits per heavy atom. The van der Waals surface area contributed by atoms with Crippen molar-refractivity contribution in [1.29, 1.82) is 0 Å². The van der Waals surface area contributed by atoms with E-state index in [-0.39, 0.29) is 11.8 Å². The maximum atomic E-state index is 13.2. The van der Waals surface area contributed by atoms with Crippen LogP contribution in [0.1, 0.15) is 5.82 Å². The average molecular weight is 397 g/mol. The summed E-state index contributed by atoms with van der Waals surface area (Å²) in [4.78, 5) is 23.1. The lowest BCUT2D eigenvalue weighted by atomic mass is 10.3. The van der Waals surface area contributed by atoms with Crippen LogP contribution in [-0.4, -0.2) is 48.8 Å². The molecule has 11 heteroatoms. The Kier molecular flexibility index (Phi) is 4.74. The second-order valence-corrected chi connectivity index (χ2v) is 7.01. The third-order valence-corrected chi connectivity index (χ3v) is 4.83. The van der Waals surface area contributed by atoms with E-state index >= 15 is 0 Å². The van der Waals surface area contributed by atoms with Gasteiger partial charge in [0.05, 0.1) is 23.0 Å². The van der Waals surface area contributed by atoms with Gasteiger partial charge in [0, 0.05) is 14.1 Å². The van der Waals surface area contributed by atoms with Crippen LogP contribution < -0.4 is 10.6 Å². The number of fused-ring (bicyclic) bond motifs is 1. The van der Waals surface area contributed by atoms with E-state index in [1.54, 1.807) is 27.9 Å². The molecule has 3 heterocycles. The van der Waals surface area contributed by atoms with E-state index in [0.717, 1.165) is 10.4 Å². The van der Waals surface area contributed by atoms with E-state index in [4.69, 9.17) is 5.73 Å². The van der Waals surface area contributed by atoms with E-state index in [2.05, 4.69) is 30.0 Å². The zero-order valence-corrected chi connectivity index (χ0v) is 15.9. The summed E-state index contributed by atoms with van der Waals surface area (Å²) in [6.45, 7) is 0. The van der Waals surface area contributed by atoms with Crippen molar-refractivity contribution in [1.82, 2.24) is 34.7 Å². The molecule has 3 aromatic heterocycles. The van der Waals surface area contributed by atoms with E-state index in [0.29, 0.717) is 28.9 Å². The molecule has 0 aliphatic carbocycles. The highest BCUT2D eigenvalue weighted by Gasteiger charge is 2.13. The summed E-state index contributed by atoms with van der Waals surface area (Å²) >= 11 is 1.45. The van der Waals surface area contributed by atoms with Crippen LogP contribution in [0.15, 0.2) is 41.8 Å². The largest absolute Gasteiger partial charge is 0.368 e. The molecule has 1 aromatic carbocycles. The second-order valence-electron chi connectivity index (χ2n) is 6.04. The van der Waals surface area contributed by atoms with Crippen LogP contribution >= 0.6 is 11.8 Å². The van der Waals surface area contributed by atoms with Crippen LogP contribution in [0.25, 0.3) is 16.7 Å². The average Bonchev–Trinajstić information content (AvgIpc) is 3.11. The standard InChI is InChI=1S/C17H16FN9S/c1-26(2)17-24-13(23-16(19)25-17)8-28-15-12-7-22-27(14(12)20-9-21-15)11-5-3-10(18)4-6-11/h3-7,9H,8H2,1-2H3,(H2,19,23,24,25). The molecule has 0 radical (unpaired) electrons. The molecule has 0 spiro atoms. The first kappa shape index (κ1) is 18.0. The molecule has 0 fully saturated rings. The van der Waals surface area contributed by atoms with Gasteiger partial charge in [-0.15, -0.1) is 0 Å². The predicted molar refractivity (Wildman–Crippen MR) is 105 cm³/mol. The van der Waals surface area contributed by atoms with Gasteiger partial charge in [0.25, 0.3) is 0 Å². The highest BCUT2D eigenvalue weighted by Crippen LogP contribution is 2.28. The molecule has 0 aliphatic heterocycles. The van der Waals surface area contributed by atoms with Crippen molar-refractivity contribution < 1.29 is 4.39 Å². The minimum absolute atomic E-state index is 0.172. The quantitative estimate of drug-likeness (QED) is 0.399. The van der Waals surface area contributed by atoms with Gasteiger partial charge in [-0.3, -0.25) is 0 Å². The zero-order chi connectivity index (χ0) is 19.7. The van der Waals surface area contributed by atoms with Gasteiger partial charge in [-0.25, -0.2) is 19.0 Å². The Hall–Kier alpha value is -3.34. The monoisotopic (exact) mass is 397 g/mol. The third kappa shape index (κ3) is 3.56. The zero-order valence-electron chi connectivity index (χ0n) is 15.1. The molecule has 0 atom stereocenters. The Labute approximate surface area is 163 Å². The van der Waals surface area contributed by atoms with Gasteiger partial charge < -0.3 is 10.6 Å². The third-order valence-electron chi connectivity index (χ3n) is 3.83. The fraction of sp³-hybridized carbons (Fsp3) is 0.176. The molecule has 0 bridgehead atoms. The molecular formula is C17H16FN9S. The van der Waals surface area contributed by atoms with E-state index in [9.17, 15) is 4.39 Å². The highest BCUT2D eigenvalue weighted by molar-refractivity contribution is 7.98. The Morgan fingerprint density at radius 3 is 2.64 bits per heavy atom. The van der Waals surface area contributed by atoms with Crippen LogP contribution in [0.2, 0.25) is 0 Å². The summed E-state index contributed by atoms with van der Waals surface area (Å²) < 4.78 is 14.8. The smallest absolute Gasteiger partial charge is 0.229 e. The fourth-order valence-electron chi connectivity index (χ4n) is 2.53. The molecule has 2 N–H and O–H groups in total. The van der Waals surface area contributed by atoms with Gasteiger partial charge in [-0.1, -0.05) is 11.8 Å². The number of nitrogen functional groups attached to an aromatic ring is 1. The summed E-state index contributed by atoms with van der Waals surface area (Å²) in [6.07, 6.45) is 3.16. The van der Waals surface area contributed by atoms with Gasteiger partial charge in [0.15, 0.2) is 5.65 Å². The Balaban J connectivity index is 1.63. The van der Waals surface area contributed by atoms with Crippen molar-refractivity contribution in [2.24, 2.45) is 0 Å². The summed E-state index contributed by atoms with van der Waals surface area (Å²) in [5.74, 6) is 1.38. The number of rotatable bonds is 5. The van der Waals surface area contributed by atoms with Gasteiger partial charge in [-0.2, -0.15) is 20.1 Å². The molecule has 0 saturated carbocycles. The van der Waals surface area contributed by atoms with Crippen molar-refractivity contribution in [3.63, 3.8) is 0 Å². The maximum absolute atomic E-state index is 13.2. The van der Waals surface area contributed by atoms with Crippen LogP contribution in [0.3, 0.4) is 0 Å². The number of aromatic nitrogens is 7. The molecule has 0 unspecified atom stereocenters. The van der Waals surface area contributed by atoms with Gasteiger partial charge in [0.2, 0.25) is 11.9 Å². The lowest BCUT2D eigenvalue weighted by Crippen LogP contribution is -2.15.